The Labute approximate surface area is 146 Å². The SMILES string of the molecule is CC(Sc1ncccc1C(=O)N1CC[C@@H](N)C1)C(=O)N1CCCC1. The topological polar surface area (TPSA) is 79.5 Å². The van der Waals surface area contributed by atoms with Crippen LogP contribution in [0.3, 0.4) is 0 Å². The van der Waals surface area contributed by atoms with Gasteiger partial charge in [0, 0.05) is 38.4 Å². The molecular weight excluding hydrogens is 324 g/mol. The van der Waals surface area contributed by atoms with Crippen LogP contribution in [0.25, 0.3) is 0 Å². The Morgan fingerprint density at radius 3 is 2.71 bits per heavy atom. The molecule has 0 bridgehead atoms. The first kappa shape index (κ1) is 17.2. The van der Waals surface area contributed by atoms with Gasteiger partial charge in [-0.1, -0.05) is 11.8 Å². The number of rotatable bonds is 4. The Kier molecular flexibility index (Phi) is 5.40. The van der Waals surface area contributed by atoms with Crippen molar-refractivity contribution in [2.24, 2.45) is 5.73 Å². The molecule has 2 fully saturated rings. The van der Waals surface area contributed by atoms with E-state index in [1.54, 1.807) is 23.2 Å². The smallest absolute Gasteiger partial charge is 0.256 e. The molecule has 0 radical (unpaired) electrons. The van der Waals surface area contributed by atoms with E-state index in [4.69, 9.17) is 5.73 Å². The van der Waals surface area contributed by atoms with E-state index in [0.717, 1.165) is 32.4 Å². The van der Waals surface area contributed by atoms with Crippen LogP contribution in [-0.2, 0) is 4.79 Å². The molecule has 0 aliphatic carbocycles. The van der Waals surface area contributed by atoms with Crippen LogP contribution in [0.2, 0.25) is 0 Å². The van der Waals surface area contributed by atoms with Gasteiger partial charge in [-0.3, -0.25) is 9.59 Å². The van der Waals surface area contributed by atoms with Crippen molar-refractivity contribution in [3.05, 3.63) is 23.9 Å². The van der Waals surface area contributed by atoms with Gasteiger partial charge in [0.05, 0.1) is 10.8 Å². The number of amides is 2. The molecule has 2 aliphatic rings. The Morgan fingerprint density at radius 2 is 2.04 bits per heavy atom. The summed E-state index contributed by atoms with van der Waals surface area (Å²) in [6.07, 6.45) is 4.65. The Bertz CT molecular complexity index is 618. The molecule has 0 spiro atoms. The van der Waals surface area contributed by atoms with E-state index >= 15 is 0 Å². The minimum absolute atomic E-state index is 0.0422. The number of carbonyl (C=O) groups is 2. The number of nitrogens with two attached hydrogens (primary N) is 1. The van der Waals surface area contributed by atoms with Gasteiger partial charge in [0.15, 0.2) is 0 Å². The Morgan fingerprint density at radius 1 is 1.29 bits per heavy atom. The Hall–Kier alpha value is -1.60. The molecule has 1 unspecified atom stereocenters. The van der Waals surface area contributed by atoms with Crippen molar-refractivity contribution in [3.63, 3.8) is 0 Å². The van der Waals surface area contributed by atoms with Gasteiger partial charge in [-0.2, -0.15) is 0 Å². The van der Waals surface area contributed by atoms with E-state index in [9.17, 15) is 9.59 Å². The summed E-state index contributed by atoms with van der Waals surface area (Å²) in [6, 6.07) is 3.60. The lowest BCUT2D eigenvalue weighted by Gasteiger charge is -2.21. The number of thioether (sulfide) groups is 1. The molecule has 24 heavy (non-hydrogen) atoms. The summed E-state index contributed by atoms with van der Waals surface area (Å²) < 4.78 is 0. The highest BCUT2D eigenvalue weighted by Gasteiger charge is 2.29. The second kappa shape index (κ2) is 7.53. The average Bonchev–Trinajstić information content (AvgIpc) is 3.25. The third-order valence-corrected chi connectivity index (χ3v) is 5.67. The van der Waals surface area contributed by atoms with Crippen molar-refractivity contribution in [3.8, 4) is 0 Å². The van der Waals surface area contributed by atoms with Gasteiger partial charge in [0.2, 0.25) is 5.91 Å². The van der Waals surface area contributed by atoms with Crippen LogP contribution in [-0.4, -0.2) is 64.1 Å². The van der Waals surface area contributed by atoms with Crippen LogP contribution >= 0.6 is 11.8 Å². The average molecular weight is 348 g/mol. The molecule has 2 aliphatic heterocycles. The van der Waals surface area contributed by atoms with Crippen LogP contribution in [0.15, 0.2) is 23.4 Å². The van der Waals surface area contributed by atoms with Crippen molar-refractivity contribution < 1.29 is 9.59 Å². The van der Waals surface area contributed by atoms with E-state index < -0.39 is 0 Å². The highest BCUT2D eigenvalue weighted by molar-refractivity contribution is 8.00. The fourth-order valence-electron chi connectivity index (χ4n) is 3.20. The number of nitrogens with zero attached hydrogens (tertiary/aromatic N) is 3. The third kappa shape index (κ3) is 3.72. The summed E-state index contributed by atoms with van der Waals surface area (Å²) >= 11 is 1.37. The summed E-state index contributed by atoms with van der Waals surface area (Å²) in [5, 5.41) is 0.383. The van der Waals surface area contributed by atoms with Crippen molar-refractivity contribution in [1.29, 1.82) is 0 Å². The number of hydrogen-bond donors (Lipinski definition) is 1. The van der Waals surface area contributed by atoms with Crippen molar-refractivity contribution in [1.82, 2.24) is 14.8 Å². The summed E-state index contributed by atoms with van der Waals surface area (Å²) in [5.41, 5.74) is 6.47. The zero-order valence-electron chi connectivity index (χ0n) is 14.0. The van der Waals surface area contributed by atoms with E-state index in [2.05, 4.69) is 4.98 Å². The van der Waals surface area contributed by atoms with Crippen LogP contribution < -0.4 is 5.73 Å². The minimum Gasteiger partial charge on any atom is -0.342 e. The quantitative estimate of drug-likeness (QED) is 0.831. The maximum absolute atomic E-state index is 12.7. The molecular formula is C17H24N4O2S. The largest absolute Gasteiger partial charge is 0.342 e. The van der Waals surface area contributed by atoms with Crippen LogP contribution in [0.4, 0.5) is 0 Å². The summed E-state index contributed by atoms with van der Waals surface area (Å²) in [7, 11) is 0. The zero-order chi connectivity index (χ0) is 17.1. The standard InChI is InChI=1S/C17H24N4O2S/c1-12(16(22)20-8-2-3-9-20)24-15-14(5-4-7-19-15)17(23)21-10-6-13(18)11-21/h4-5,7,12-13H,2-3,6,8-11,18H2,1H3/t12?,13-/m1/s1. The maximum atomic E-state index is 12.7. The van der Waals surface area contributed by atoms with Crippen LogP contribution in [0.5, 0.6) is 0 Å². The molecule has 3 heterocycles. The van der Waals surface area contributed by atoms with Gasteiger partial charge in [0.1, 0.15) is 5.03 Å². The van der Waals surface area contributed by atoms with Crippen LogP contribution in [0.1, 0.15) is 36.5 Å². The molecule has 2 N–H and O–H groups in total. The lowest BCUT2D eigenvalue weighted by molar-refractivity contribution is -0.129. The molecule has 1 aromatic heterocycles. The molecule has 6 nitrogen and oxygen atoms in total. The number of likely N-dealkylation sites (tertiary alicyclic amines) is 2. The number of hydrogen-bond acceptors (Lipinski definition) is 5. The first-order valence-electron chi connectivity index (χ1n) is 8.51. The van der Waals surface area contributed by atoms with Gasteiger partial charge in [0.25, 0.3) is 5.91 Å². The summed E-state index contributed by atoms with van der Waals surface area (Å²) in [6.45, 7) is 4.83. The number of pyridine rings is 1. The number of carbonyl (C=O) groups excluding carboxylic acids is 2. The fraction of sp³-hybridized carbons (Fsp3) is 0.588. The molecule has 2 atom stereocenters. The zero-order valence-corrected chi connectivity index (χ0v) is 14.8. The normalized spacial score (nSPS) is 22.0. The van der Waals surface area contributed by atoms with Crippen LogP contribution in [0, 0.1) is 0 Å². The number of aromatic nitrogens is 1. The van der Waals surface area contributed by atoms with Gasteiger partial charge in [-0.25, -0.2) is 4.98 Å². The highest BCUT2D eigenvalue weighted by Crippen LogP contribution is 2.28. The second-order valence-electron chi connectivity index (χ2n) is 6.45. The van der Waals surface area contributed by atoms with E-state index in [-0.39, 0.29) is 23.1 Å². The van der Waals surface area contributed by atoms with Crippen molar-refractivity contribution >= 4 is 23.6 Å². The Balaban J connectivity index is 1.71. The van der Waals surface area contributed by atoms with Gasteiger partial charge >= 0.3 is 0 Å². The molecule has 0 aromatic carbocycles. The minimum atomic E-state index is -0.245. The predicted molar refractivity (Wildman–Crippen MR) is 93.9 cm³/mol. The predicted octanol–water partition coefficient (Wildman–Crippen LogP) is 1.36. The van der Waals surface area contributed by atoms with Gasteiger partial charge in [-0.15, -0.1) is 0 Å². The molecule has 1 aromatic rings. The highest BCUT2D eigenvalue weighted by atomic mass is 32.2. The third-order valence-electron chi connectivity index (χ3n) is 4.57. The fourth-order valence-corrected chi connectivity index (χ4v) is 4.19. The van der Waals surface area contributed by atoms with Crippen molar-refractivity contribution in [2.75, 3.05) is 26.2 Å². The van der Waals surface area contributed by atoms with E-state index in [1.165, 1.54) is 11.8 Å². The van der Waals surface area contributed by atoms with E-state index in [0.29, 0.717) is 23.7 Å². The van der Waals surface area contributed by atoms with Gasteiger partial charge < -0.3 is 15.5 Å². The lowest BCUT2D eigenvalue weighted by Crippen LogP contribution is -2.34. The first-order chi connectivity index (χ1) is 11.6. The first-order valence-corrected chi connectivity index (χ1v) is 9.39. The summed E-state index contributed by atoms with van der Waals surface area (Å²) in [4.78, 5) is 33.3. The molecule has 7 heteroatoms. The molecule has 130 valence electrons. The van der Waals surface area contributed by atoms with Crippen molar-refractivity contribution in [2.45, 2.75) is 42.5 Å². The lowest BCUT2D eigenvalue weighted by atomic mass is 10.2. The van der Waals surface area contributed by atoms with E-state index in [1.807, 2.05) is 11.8 Å². The molecule has 3 rings (SSSR count). The molecule has 2 amide bonds. The molecule has 0 saturated carbocycles. The molecule has 2 saturated heterocycles. The monoisotopic (exact) mass is 348 g/mol. The van der Waals surface area contributed by atoms with Gasteiger partial charge in [-0.05, 0) is 38.3 Å². The maximum Gasteiger partial charge on any atom is 0.256 e. The summed E-state index contributed by atoms with van der Waals surface area (Å²) in [5.74, 6) is 0.0871. The second-order valence-corrected chi connectivity index (χ2v) is 7.78.